The predicted molar refractivity (Wildman–Crippen MR) is 97.2 cm³/mol. The lowest BCUT2D eigenvalue weighted by Gasteiger charge is -2.32. The van der Waals surface area contributed by atoms with Gasteiger partial charge in [0.2, 0.25) is 11.8 Å². The van der Waals surface area contributed by atoms with Gasteiger partial charge in [0, 0.05) is 5.92 Å². The summed E-state index contributed by atoms with van der Waals surface area (Å²) in [6.07, 6.45) is 4.69. The van der Waals surface area contributed by atoms with Crippen LogP contribution in [0.2, 0.25) is 0 Å². The van der Waals surface area contributed by atoms with Crippen LogP contribution in [-0.2, 0) is 14.3 Å². The van der Waals surface area contributed by atoms with Crippen molar-refractivity contribution in [1.82, 2.24) is 10.6 Å². The lowest BCUT2D eigenvalue weighted by atomic mass is 10.0. The Bertz CT molecular complexity index is 657. The molecule has 1 aliphatic heterocycles. The van der Waals surface area contributed by atoms with E-state index in [4.69, 9.17) is 4.74 Å². The summed E-state index contributed by atoms with van der Waals surface area (Å²) in [5, 5.41) is 15.4. The summed E-state index contributed by atoms with van der Waals surface area (Å²) < 4.78 is 5.79. The zero-order valence-corrected chi connectivity index (χ0v) is 14.9. The van der Waals surface area contributed by atoms with Gasteiger partial charge < -0.3 is 20.5 Å². The number of rotatable bonds is 7. The summed E-state index contributed by atoms with van der Waals surface area (Å²) >= 11 is 0. The van der Waals surface area contributed by atoms with Crippen molar-refractivity contribution >= 4 is 11.8 Å². The SMILES string of the molecule is C[C@@H](NC(=O)C[C@H]1C=C[C@@H](NC(=O)C2CC2)[C@H](CO)O1)c1ccccc1. The van der Waals surface area contributed by atoms with Crippen molar-refractivity contribution in [3.63, 3.8) is 0 Å². The Kier molecular flexibility index (Phi) is 6.06. The quantitative estimate of drug-likeness (QED) is 0.644. The van der Waals surface area contributed by atoms with Gasteiger partial charge in [-0.1, -0.05) is 42.5 Å². The number of ether oxygens (including phenoxy) is 1. The van der Waals surface area contributed by atoms with E-state index in [9.17, 15) is 14.7 Å². The summed E-state index contributed by atoms with van der Waals surface area (Å²) in [6, 6.07) is 9.31. The summed E-state index contributed by atoms with van der Waals surface area (Å²) in [6.45, 7) is 1.73. The molecule has 4 atom stereocenters. The van der Waals surface area contributed by atoms with Gasteiger partial charge in [-0.2, -0.15) is 0 Å². The Morgan fingerprint density at radius 1 is 1.23 bits per heavy atom. The van der Waals surface area contributed by atoms with Crippen molar-refractivity contribution in [1.29, 1.82) is 0 Å². The lowest BCUT2D eigenvalue weighted by Crippen LogP contribution is -2.49. The van der Waals surface area contributed by atoms with Gasteiger partial charge in [0.15, 0.2) is 0 Å². The van der Waals surface area contributed by atoms with Gasteiger partial charge in [0.25, 0.3) is 0 Å². The van der Waals surface area contributed by atoms with Crippen LogP contribution in [0.25, 0.3) is 0 Å². The number of amides is 2. The average molecular weight is 358 g/mol. The number of hydrogen-bond acceptors (Lipinski definition) is 4. The summed E-state index contributed by atoms with van der Waals surface area (Å²) in [4.78, 5) is 24.2. The van der Waals surface area contributed by atoms with Crippen LogP contribution in [0, 0.1) is 5.92 Å². The molecule has 1 heterocycles. The van der Waals surface area contributed by atoms with Gasteiger partial charge in [-0.3, -0.25) is 9.59 Å². The molecule has 140 valence electrons. The zero-order chi connectivity index (χ0) is 18.5. The lowest BCUT2D eigenvalue weighted by molar-refractivity contribution is -0.129. The first-order valence-electron chi connectivity index (χ1n) is 9.16. The zero-order valence-electron chi connectivity index (χ0n) is 14.9. The minimum absolute atomic E-state index is 0.00887. The van der Waals surface area contributed by atoms with Crippen LogP contribution >= 0.6 is 0 Å². The molecule has 3 rings (SSSR count). The molecule has 6 heteroatoms. The third kappa shape index (κ3) is 4.93. The second kappa shape index (κ2) is 8.47. The highest BCUT2D eigenvalue weighted by Gasteiger charge is 2.34. The van der Waals surface area contributed by atoms with Crippen LogP contribution < -0.4 is 10.6 Å². The predicted octanol–water partition coefficient (Wildman–Crippen LogP) is 1.46. The Morgan fingerprint density at radius 3 is 2.62 bits per heavy atom. The van der Waals surface area contributed by atoms with E-state index in [1.165, 1.54) is 0 Å². The van der Waals surface area contributed by atoms with Crippen LogP contribution in [0.1, 0.15) is 37.8 Å². The minimum atomic E-state index is -0.535. The highest BCUT2D eigenvalue weighted by Crippen LogP contribution is 2.29. The molecule has 6 nitrogen and oxygen atoms in total. The van der Waals surface area contributed by atoms with Gasteiger partial charge in [-0.05, 0) is 25.3 Å². The number of benzene rings is 1. The number of carbonyl (C=O) groups excluding carboxylic acids is 2. The molecule has 1 aliphatic carbocycles. The van der Waals surface area contributed by atoms with Gasteiger partial charge in [-0.15, -0.1) is 0 Å². The molecule has 1 aromatic carbocycles. The van der Waals surface area contributed by atoms with Crippen molar-refractivity contribution in [3.8, 4) is 0 Å². The van der Waals surface area contributed by atoms with Crippen LogP contribution in [0.4, 0.5) is 0 Å². The smallest absolute Gasteiger partial charge is 0.223 e. The second-order valence-electron chi connectivity index (χ2n) is 6.99. The van der Waals surface area contributed by atoms with Crippen molar-refractivity contribution in [2.75, 3.05) is 6.61 Å². The topological polar surface area (TPSA) is 87.7 Å². The molecule has 2 aliphatic rings. The second-order valence-corrected chi connectivity index (χ2v) is 6.99. The average Bonchev–Trinajstić information content (AvgIpc) is 3.48. The van der Waals surface area contributed by atoms with Crippen LogP contribution in [-0.4, -0.2) is 41.8 Å². The molecular weight excluding hydrogens is 332 g/mol. The van der Waals surface area contributed by atoms with E-state index in [0.29, 0.717) is 0 Å². The fourth-order valence-corrected chi connectivity index (χ4v) is 3.07. The fraction of sp³-hybridized carbons (Fsp3) is 0.500. The monoisotopic (exact) mass is 358 g/mol. The van der Waals surface area contributed by atoms with Crippen molar-refractivity contribution in [2.24, 2.45) is 5.92 Å². The maximum atomic E-state index is 12.3. The van der Waals surface area contributed by atoms with E-state index in [-0.39, 0.29) is 42.8 Å². The summed E-state index contributed by atoms with van der Waals surface area (Å²) in [5.74, 6) is -0.00606. The third-order valence-electron chi connectivity index (χ3n) is 4.78. The van der Waals surface area contributed by atoms with E-state index < -0.39 is 12.2 Å². The molecule has 0 saturated heterocycles. The molecule has 1 aromatic rings. The number of nitrogens with one attached hydrogen (secondary N) is 2. The highest BCUT2D eigenvalue weighted by atomic mass is 16.5. The fourth-order valence-electron chi connectivity index (χ4n) is 3.07. The maximum absolute atomic E-state index is 12.3. The molecule has 1 fully saturated rings. The number of aliphatic hydroxyl groups excluding tert-OH is 1. The third-order valence-corrected chi connectivity index (χ3v) is 4.78. The Hall–Kier alpha value is -2.18. The number of carbonyl (C=O) groups is 2. The first kappa shape index (κ1) is 18.6. The summed E-state index contributed by atoms with van der Waals surface area (Å²) in [7, 11) is 0. The van der Waals surface area contributed by atoms with E-state index >= 15 is 0 Å². The minimum Gasteiger partial charge on any atom is -0.394 e. The molecule has 0 aromatic heterocycles. The molecule has 26 heavy (non-hydrogen) atoms. The molecular formula is C20H26N2O4. The van der Waals surface area contributed by atoms with Crippen LogP contribution in [0.15, 0.2) is 42.5 Å². The Labute approximate surface area is 153 Å². The Balaban J connectivity index is 1.51. The van der Waals surface area contributed by atoms with Crippen molar-refractivity contribution in [2.45, 2.75) is 50.5 Å². The molecule has 0 radical (unpaired) electrons. The van der Waals surface area contributed by atoms with E-state index in [0.717, 1.165) is 18.4 Å². The normalized spacial score (nSPS) is 26.2. The molecule has 2 amide bonds. The van der Waals surface area contributed by atoms with Gasteiger partial charge in [0.1, 0.15) is 6.10 Å². The maximum Gasteiger partial charge on any atom is 0.223 e. The molecule has 1 saturated carbocycles. The van der Waals surface area contributed by atoms with Crippen LogP contribution in [0.3, 0.4) is 0 Å². The Morgan fingerprint density at radius 2 is 1.96 bits per heavy atom. The number of hydrogen-bond donors (Lipinski definition) is 3. The molecule has 0 unspecified atom stereocenters. The molecule has 0 spiro atoms. The summed E-state index contributed by atoms with van der Waals surface area (Å²) in [5.41, 5.74) is 1.04. The first-order valence-corrected chi connectivity index (χ1v) is 9.16. The highest BCUT2D eigenvalue weighted by molar-refractivity contribution is 5.81. The molecule has 0 bridgehead atoms. The van der Waals surface area contributed by atoms with Gasteiger partial charge in [-0.25, -0.2) is 0 Å². The van der Waals surface area contributed by atoms with Gasteiger partial charge in [0.05, 0.1) is 31.2 Å². The van der Waals surface area contributed by atoms with Crippen LogP contribution in [0.5, 0.6) is 0 Å². The van der Waals surface area contributed by atoms with Crippen molar-refractivity contribution < 1.29 is 19.4 Å². The molecule has 3 N–H and O–H groups in total. The van der Waals surface area contributed by atoms with Crippen molar-refractivity contribution in [3.05, 3.63) is 48.0 Å². The van der Waals surface area contributed by atoms with E-state index in [1.807, 2.05) is 43.3 Å². The largest absolute Gasteiger partial charge is 0.394 e. The first-order chi connectivity index (χ1) is 12.6. The standard InChI is InChI=1S/C20H26N2O4/c1-13(14-5-3-2-4-6-14)21-19(24)11-16-9-10-17(18(12-23)26-16)22-20(25)15-7-8-15/h2-6,9-10,13,15-18,23H,7-8,11-12H2,1H3,(H,21,24)(H,22,25)/t13-,16-,17-,18+/m1/s1. The van der Waals surface area contributed by atoms with E-state index in [1.54, 1.807) is 6.08 Å². The van der Waals surface area contributed by atoms with E-state index in [2.05, 4.69) is 10.6 Å². The number of aliphatic hydroxyl groups is 1. The van der Waals surface area contributed by atoms with Gasteiger partial charge >= 0.3 is 0 Å².